The Balaban J connectivity index is 3.15. The first kappa shape index (κ1) is 10.1. The number of phenolic OH excluding ortho intramolecular Hbond substituents is 1. The summed E-state index contributed by atoms with van der Waals surface area (Å²) < 4.78 is 0. The Hall–Kier alpha value is -1.02. The average Bonchev–Trinajstić information content (AvgIpc) is 2.10. The summed E-state index contributed by atoms with van der Waals surface area (Å²) in [5, 5.41) is 12.8. The molecule has 0 aromatic heterocycles. The molecule has 1 aromatic carbocycles. The van der Waals surface area contributed by atoms with Gasteiger partial charge in [0.1, 0.15) is 5.75 Å². The van der Waals surface area contributed by atoms with E-state index >= 15 is 0 Å². The molecule has 1 aromatic rings. The Kier molecular flexibility index (Phi) is 2.94. The van der Waals surface area contributed by atoms with Gasteiger partial charge in [0.05, 0.1) is 0 Å². The maximum absolute atomic E-state index is 9.68. The standard InChI is InChI=1S/C11H17NO/c1-7-5-10(9(3)12-4)11(13)6-8(7)2/h5-6,9,12-13H,1-4H3. The van der Waals surface area contributed by atoms with Gasteiger partial charge in [0, 0.05) is 11.6 Å². The fourth-order valence-corrected chi connectivity index (χ4v) is 1.33. The van der Waals surface area contributed by atoms with E-state index in [0.29, 0.717) is 5.75 Å². The lowest BCUT2D eigenvalue weighted by Gasteiger charge is -2.14. The third-order valence-electron chi connectivity index (χ3n) is 2.54. The lowest BCUT2D eigenvalue weighted by Crippen LogP contribution is -2.12. The number of hydrogen-bond acceptors (Lipinski definition) is 2. The van der Waals surface area contributed by atoms with E-state index in [1.165, 1.54) is 5.56 Å². The fourth-order valence-electron chi connectivity index (χ4n) is 1.33. The fraction of sp³-hybridized carbons (Fsp3) is 0.455. The van der Waals surface area contributed by atoms with Crippen LogP contribution in [-0.2, 0) is 0 Å². The molecule has 1 atom stereocenters. The molecular formula is C11H17NO. The summed E-state index contributed by atoms with van der Waals surface area (Å²) in [4.78, 5) is 0. The summed E-state index contributed by atoms with van der Waals surface area (Å²) >= 11 is 0. The molecule has 0 spiro atoms. The van der Waals surface area contributed by atoms with Gasteiger partial charge in [-0.15, -0.1) is 0 Å². The lowest BCUT2D eigenvalue weighted by atomic mass is 10.0. The van der Waals surface area contributed by atoms with E-state index in [-0.39, 0.29) is 6.04 Å². The van der Waals surface area contributed by atoms with Crippen molar-refractivity contribution in [3.63, 3.8) is 0 Å². The topological polar surface area (TPSA) is 32.3 Å². The molecule has 0 saturated heterocycles. The van der Waals surface area contributed by atoms with Crippen molar-refractivity contribution in [2.45, 2.75) is 26.8 Å². The molecule has 72 valence electrons. The molecule has 0 radical (unpaired) electrons. The van der Waals surface area contributed by atoms with Crippen LogP contribution in [-0.4, -0.2) is 12.2 Å². The summed E-state index contributed by atoms with van der Waals surface area (Å²) in [6.07, 6.45) is 0. The highest BCUT2D eigenvalue weighted by Gasteiger charge is 2.09. The van der Waals surface area contributed by atoms with Crippen molar-refractivity contribution in [3.05, 3.63) is 28.8 Å². The van der Waals surface area contributed by atoms with Crippen LogP contribution >= 0.6 is 0 Å². The van der Waals surface area contributed by atoms with Crippen molar-refractivity contribution < 1.29 is 5.11 Å². The maximum atomic E-state index is 9.68. The van der Waals surface area contributed by atoms with Gasteiger partial charge < -0.3 is 10.4 Å². The Labute approximate surface area is 79.6 Å². The highest BCUT2D eigenvalue weighted by molar-refractivity contribution is 5.42. The monoisotopic (exact) mass is 179 g/mol. The second kappa shape index (κ2) is 3.79. The van der Waals surface area contributed by atoms with Gasteiger partial charge in [0.2, 0.25) is 0 Å². The Bertz CT molecular complexity index is 307. The Morgan fingerprint density at radius 2 is 1.77 bits per heavy atom. The second-order valence-corrected chi connectivity index (χ2v) is 3.51. The summed E-state index contributed by atoms with van der Waals surface area (Å²) in [6.45, 7) is 6.09. The van der Waals surface area contributed by atoms with Crippen molar-refractivity contribution in [3.8, 4) is 5.75 Å². The van der Waals surface area contributed by atoms with Gasteiger partial charge in [-0.2, -0.15) is 0 Å². The van der Waals surface area contributed by atoms with E-state index in [2.05, 4.69) is 12.2 Å². The van der Waals surface area contributed by atoms with Crippen LogP contribution in [0.5, 0.6) is 5.75 Å². The Morgan fingerprint density at radius 1 is 1.23 bits per heavy atom. The van der Waals surface area contributed by atoms with E-state index in [1.54, 1.807) is 0 Å². The van der Waals surface area contributed by atoms with Crippen molar-refractivity contribution in [1.82, 2.24) is 5.32 Å². The molecule has 0 aliphatic heterocycles. The molecule has 0 heterocycles. The predicted molar refractivity (Wildman–Crippen MR) is 55.1 cm³/mol. The highest BCUT2D eigenvalue weighted by Crippen LogP contribution is 2.26. The summed E-state index contributed by atoms with van der Waals surface area (Å²) in [6, 6.07) is 4.05. The Morgan fingerprint density at radius 3 is 2.31 bits per heavy atom. The zero-order valence-electron chi connectivity index (χ0n) is 8.68. The number of rotatable bonds is 2. The highest BCUT2D eigenvalue weighted by atomic mass is 16.3. The summed E-state index contributed by atoms with van der Waals surface area (Å²) in [5.74, 6) is 0.380. The predicted octanol–water partition coefficient (Wildman–Crippen LogP) is 2.29. The third-order valence-corrected chi connectivity index (χ3v) is 2.54. The van der Waals surface area contributed by atoms with E-state index in [1.807, 2.05) is 33.0 Å². The van der Waals surface area contributed by atoms with Gasteiger partial charge in [-0.05, 0) is 45.0 Å². The molecule has 0 aliphatic rings. The van der Waals surface area contributed by atoms with Crippen LogP contribution in [0.2, 0.25) is 0 Å². The van der Waals surface area contributed by atoms with Gasteiger partial charge >= 0.3 is 0 Å². The molecule has 0 bridgehead atoms. The quantitative estimate of drug-likeness (QED) is 0.730. The minimum Gasteiger partial charge on any atom is -0.508 e. The van der Waals surface area contributed by atoms with Crippen molar-refractivity contribution in [2.24, 2.45) is 0 Å². The van der Waals surface area contributed by atoms with Crippen LogP contribution < -0.4 is 5.32 Å². The van der Waals surface area contributed by atoms with Crippen LogP contribution in [0.25, 0.3) is 0 Å². The zero-order chi connectivity index (χ0) is 10.0. The van der Waals surface area contributed by atoms with E-state index in [9.17, 15) is 5.11 Å². The SMILES string of the molecule is CNC(C)c1cc(C)c(C)cc1O. The maximum Gasteiger partial charge on any atom is 0.120 e. The molecule has 2 nitrogen and oxygen atoms in total. The molecular weight excluding hydrogens is 162 g/mol. The largest absolute Gasteiger partial charge is 0.508 e. The third kappa shape index (κ3) is 2.01. The number of phenols is 1. The van der Waals surface area contributed by atoms with Gasteiger partial charge in [-0.3, -0.25) is 0 Å². The summed E-state index contributed by atoms with van der Waals surface area (Å²) in [5.41, 5.74) is 3.31. The van der Waals surface area contributed by atoms with Crippen LogP contribution in [0.15, 0.2) is 12.1 Å². The molecule has 0 saturated carbocycles. The van der Waals surface area contributed by atoms with Crippen molar-refractivity contribution in [1.29, 1.82) is 0 Å². The van der Waals surface area contributed by atoms with Gasteiger partial charge in [0.25, 0.3) is 0 Å². The number of hydrogen-bond donors (Lipinski definition) is 2. The van der Waals surface area contributed by atoms with E-state index < -0.39 is 0 Å². The van der Waals surface area contributed by atoms with Gasteiger partial charge in [-0.25, -0.2) is 0 Å². The lowest BCUT2D eigenvalue weighted by molar-refractivity contribution is 0.457. The second-order valence-electron chi connectivity index (χ2n) is 3.51. The number of benzene rings is 1. The molecule has 1 rings (SSSR count). The van der Waals surface area contributed by atoms with Crippen LogP contribution in [0.1, 0.15) is 29.7 Å². The number of aromatic hydroxyl groups is 1. The molecule has 0 fully saturated rings. The zero-order valence-corrected chi connectivity index (χ0v) is 8.68. The minimum absolute atomic E-state index is 0.194. The first-order valence-electron chi connectivity index (χ1n) is 4.53. The minimum atomic E-state index is 0.194. The molecule has 1 unspecified atom stereocenters. The van der Waals surface area contributed by atoms with E-state index in [0.717, 1.165) is 11.1 Å². The molecule has 2 N–H and O–H groups in total. The van der Waals surface area contributed by atoms with Gasteiger partial charge in [0.15, 0.2) is 0 Å². The van der Waals surface area contributed by atoms with E-state index in [4.69, 9.17) is 0 Å². The first-order valence-corrected chi connectivity index (χ1v) is 4.53. The van der Waals surface area contributed by atoms with Gasteiger partial charge in [-0.1, -0.05) is 6.07 Å². The van der Waals surface area contributed by atoms with Crippen molar-refractivity contribution >= 4 is 0 Å². The normalized spacial score (nSPS) is 12.9. The molecule has 0 amide bonds. The average molecular weight is 179 g/mol. The first-order chi connectivity index (χ1) is 6.06. The van der Waals surface area contributed by atoms with Crippen LogP contribution in [0, 0.1) is 13.8 Å². The smallest absolute Gasteiger partial charge is 0.120 e. The number of aryl methyl sites for hydroxylation is 2. The van der Waals surface area contributed by atoms with Crippen LogP contribution in [0.3, 0.4) is 0 Å². The molecule has 0 aliphatic carbocycles. The van der Waals surface area contributed by atoms with Crippen molar-refractivity contribution in [2.75, 3.05) is 7.05 Å². The summed E-state index contributed by atoms with van der Waals surface area (Å²) in [7, 11) is 1.89. The molecule has 2 heteroatoms. The van der Waals surface area contributed by atoms with Crippen LogP contribution in [0.4, 0.5) is 0 Å². The number of nitrogens with one attached hydrogen (secondary N) is 1. The molecule has 13 heavy (non-hydrogen) atoms.